The van der Waals surface area contributed by atoms with E-state index in [0.29, 0.717) is 0 Å². The molecule has 3 radical (unpaired) electrons. The Balaban J connectivity index is 0.00000104. The minimum absolute atomic E-state index is 0. The van der Waals surface area contributed by atoms with Crippen LogP contribution in [-0.4, -0.2) is 0 Å². The molecule has 0 aliphatic carbocycles. The van der Waals surface area contributed by atoms with Crippen molar-refractivity contribution >= 4 is 10.8 Å². The third-order valence-corrected chi connectivity index (χ3v) is 3.73. The Hall–Kier alpha value is 0.452. The fourth-order valence-electron chi connectivity index (χ4n) is 2.67. The zero-order valence-electron chi connectivity index (χ0n) is 13.7. The first-order valence-corrected chi connectivity index (χ1v) is 7.22. The summed E-state index contributed by atoms with van der Waals surface area (Å²) in [6.07, 6.45) is 0. The van der Waals surface area contributed by atoms with E-state index in [2.05, 4.69) is 60.7 Å². The first-order chi connectivity index (χ1) is 10.9. The first-order valence-electron chi connectivity index (χ1n) is 7.22. The Morgan fingerprint density at radius 2 is 1.32 bits per heavy atom. The van der Waals surface area contributed by atoms with Crippen LogP contribution in [0.4, 0.5) is 0 Å². The molecule has 0 saturated carbocycles. The topological polar surface area (TPSA) is 0 Å². The maximum atomic E-state index is 3.35. The van der Waals surface area contributed by atoms with Gasteiger partial charge in [-0.15, -0.1) is 35.0 Å². The summed E-state index contributed by atoms with van der Waals surface area (Å²) in [5.41, 5.74) is 4.17. The third kappa shape index (κ3) is 5.47. The molecule has 0 saturated heterocycles. The molecule has 0 aliphatic heterocycles. The van der Waals surface area contributed by atoms with Crippen molar-refractivity contribution in [2.24, 2.45) is 0 Å². The van der Waals surface area contributed by atoms with Crippen molar-refractivity contribution in [2.75, 3.05) is 0 Å². The average Bonchev–Trinajstić information content (AvgIpc) is 2.62. The molecular weight excluding hydrogens is 531 g/mol. The molecule has 0 heterocycles. The number of fused-ring (bicyclic) bond motifs is 1. The van der Waals surface area contributed by atoms with Crippen molar-refractivity contribution in [3.8, 4) is 22.3 Å². The summed E-state index contributed by atoms with van der Waals surface area (Å²) in [7, 11) is 0. The summed E-state index contributed by atoms with van der Waals surface area (Å²) in [6.45, 7) is 0. The second-order valence-corrected chi connectivity index (χ2v) is 5.12. The number of hydrogen-bond acceptors (Lipinski definition) is 0. The predicted octanol–water partition coefficient (Wildman–Crippen LogP) is 5.37. The first kappa shape index (κ1) is 23.5. The molecule has 0 atom stereocenters. The number of rotatable bonds is 2. The molecule has 4 rings (SSSR count). The Labute approximate surface area is 224 Å². The molecule has 3 heteroatoms. The summed E-state index contributed by atoms with van der Waals surface area (Å²) in [5, 5.41) is 2.40. The molecule has 4 aromatic carbocycles. The molecule has 0 bridgehead atoms. The van der Waals surface area contributed by atoms with Gasteiger partial charge in [0.05, 0.1) is 0 Å². The van der Waals surface area contributed by atoms with Crippen LogP contribution >= 0.6 is 0 Å². The third-order valence-electron chi connectivity index (χ3n) is 3.73. The maximum absolute atomic E-state index is 3.35. The molecule has 0 fully saturated rings. The molecule has 0 spiro atoms. The summed E-state index contributed by atoms with van der Waals surface area (Å²) in [6, 6.07) is 37.4. The predicted molar refractivity (Wildman–Crippen MR) is 90.2 cm³/mol. The molecule has 0 N–H and O–H groups in total. The second-order valence-electron chi connectivity index (χ2n) is 5.12. The second kappa shape index (κ2) is 11.3. The van der Waals surface area contributed by atoms with Crippen LogP contribution in [0.25, 0.3) is 33.0 Å². The van der Waals surface area contributed by atoms with Crippen LogP contribution in [0.2, 0.25) is 0 Å². The van der Waals surface area contributed by atoms with Gasteiger partial charge in [-0.05, 0) is 0 Å². The molecule has 0 amide bonds. The molecule has 0 aromatic heterocycles. The van der Waals surface area contributed by atoms with Crippen LogP contribution in [0.1, 0.15) is 0 Å². The SMILES string of the molecule is [Y].[Y].[Y].[c-]1ccccc1-c1[c-]c[c-]c(-c2[c-]ccc3ccccc23)c1. The fourth-order valence-corrected chi connectivity index (χ4v) is 2.67. The van der Waals surface area contributed by atoms with Crippen LogP contribution in [-0.2, 0) is 98.1 Å². The molecule has 0 unspecified atom stereocenters. The van der Waals surface area contributed by atoms with Gasteiger partial charge >= 0.3 is 0 Å². The van der Waals surface area contributed by atoms with Gasteiger partial charge in [0.15, 0.2) is 0 Å². The zero-order chi connectivity index (χ0) is 14.8. The fraction of sp³-hybridized carbons (Fsp3) is 0. The molecule has 25 heavy (non-hydrogen) atoms. The quantitative estimate of drug-likeness (QED) is 0.299. The van der Waals surface area contributed by atoms with Crippen molar-refractivity contribution in [3.05, 3.63) is 97.1 Å². The maximum Gasteiger partial charge on any atom is 0 e. The van der Waals surface area contributed by atoms with E-state index >= 15 is 0 Å². The van der Waals surface area contributed by atoms with Crippen LogP contribution in [0.3, 0.4) is 0 Å². The Morgan fingerprint density at radius 3 is 2.12 bits per heavy atom. The zero-order valence-corrected chi connectivity index (χ0v) is 22.2. The van der Waals surface area contributed by atoms with Gasteiger partial charge in [0, 0.05) is 98.1 Å². The van der Waals surface area contributed by atoms with Crippen LogP contribution in [0.5, 0.6) is 0 Å². The number of hydrogen-bond donors (Lipinski definition) is 0. The van der Waals surface area contributed by atoms with Crippen molar-refractivity contribution in [2.45, 2.75) is 0 Å². The van der Waals surface area contributed by atoms with E-state index in [1.165, 1.54) is 10.8 Å². The monoisotopic (exact) mass is 543 g/mol. The van der Waals surface area contributed by atoms with Crippen molar-refractivity contribution in [1.29, 1.82) is 0 Å². The van der Waals surface area contributed by atoms with E-state index in [1.807, 2.05) is 36.4 Å². The summed E-state index contributed by atoms with van der Waals surface area (Å²) in [4.78, 5) is 0. The Kier molecular flexibility index (Phi) is 10.6. The van der Waals surface area contributed by atoms with E-state index in [4.69, 9.17) is 0 Å². The summed E-state index contributed by atoms with van der Waals surface area (Å²) in [5.74, 6) is 0. The van der Waals surface area contributed by atoms with Gasteiger partial charge in [-0.1, -0.05) is 24.3 Å². The summed E-state index contributed by atoms with van der Waals surface area (Å²) >= 11 is 0. The van der Waals surface area contributed by atoms with Gasteiger partial charge in [-0.3, -0.25) is 11.6 Å². The molecular formula is C22H12Y3-4. The number of benzene rings is 4. The van der Waals surface area contributed by atoms with Gasteiger partial charge in [0.25, 0.3) is 0 Å². The van der Waals surface area contributed by atoms with Gasteiger partial charge in [-0.25, -0.2) is 12.1 Å². The molecule has 0 nitrogen and oxygen atoms in total. The van der Waals surface area contributed by atoms with Crippen molar-refractivity contribution in [1.82, 2.24) is 0 Å². The molecule has 113 valence electrons. The van der Waals surface area contributed by atoms with Crippen LogP contribution in [0.15, 0.2) is 72.8 Å². The van der Waals surface area contributed by atoms with E-state index in [1.54, 1.807) is 0 Å². The van der Waals surface area contributed by atoms with Gasteiger partial charge in [-0.2, -0.15) is 17.7 Å². The van der Waals surface area contributed by atoms with Crippen LogP contribution in [0, 0.1) is 24.3 Å². The van der Waals surface area contributed by atoms with Crippen LogP contribution < -0.4 is 0 Å². The Morgan fingerprint density at radius 1 is 0.560 bits per heavy atom. The van der Waals surface area contributed by atoms with Gasteiger partial charge in [0.1, 0.15) is 0 Å². The molecule has 4 aromatic rings. The Bertz CT molecular complexity index is 928. The van der Waals surface area contributed by atoms with Gasteiger partial charge < -0.3 is 29.3 Å². The minimum atomic E-state index is 0. The molecule has 0 aliphatic rings. The van der Waals surface area contributed by atoms with E-state index < -0.39 is 0 Å². The van der Waals surface area contributed by atoms with E-state index in [9.17, 15) is 0 Å². The summed E-state index contributed by atoms with van der Waals surface area (Å²) < 4.78 is 0. The minimum Gasteiger partial charge on any atom is -0.368 e. The normalized spacial score (nSPS) is 9.44. The van der Waals surface area contributed by atoms with E-state index in [-0.39, 0.29) is 98.1 Å². The van der Waals surface area contributed by atoms with Crippen molar-refractivity contribution < 1.29 is 98.1 Å². The standard InChI is InChI=1S/C22H12.3Y/c1-2-8-17(9-3-1)19-12-6-13-20(16-19)22-15-7-11-18-10-4-5-14-21(18)22;;;/h1-8,10-11,14,16H;;;/q-4;;;. The largest absolute Gasteiger partial charge is 0.368 e. The van der Waals surface area contributed by atoms with Crippen molar-refractivity contribution in [3.63, 3.8) is 0 Å². The smallest absolute Gasteiger partial charge is 0 e. The van der Waals surface area contributed by atoms with Gasteiger partial charge in [0.2, 0.25) is 0 Å². The average molecular weight is 543 g/mol. The van der Waals surface area contributed by atoms with E-state index in [0.717, 1.165) is 22.3 Å².